The lowest BCUT2D eigenvalue weighted by Gasteiger charge is -2.26. The second-order valence-electron chi connectivity index (χ2n) is 6.98. The van der Waals surface area contributed by atoms with Gasteiger partial charge in [-0.25, -0.2) is 8.78 Å². The number of aryl methyl sites for hydroxylation is 1. The average molecular weight is 462 g/mol. The number of likely N-dealkylation sites (tertiary alicyclic amines) is 1. The number of halogens is 4. The molecule has 1 atom stereocenters. The monoisotopic (exact) mass is 461 g/mol. The second-order valence-corrected chi connectivity index (χ2v) is 9.45. The van der Waals surface area contributed by atoms with Gasteiger partial charge in [0.25, 0.3) is 15.9 Å². The van der Waals surface area contributed by atoms with Crippen molar-refractivity contribution in [1.82, 2.24) is 9.73 Å². The van der Waals surface area contributed by atoms with Crippen LogP contribution in [-0.2, 0) is 10.0 Å². The zero-order chi connectivity index (χ0) is 21.4. The third-order valence-corrected chi connectivity index (χ3v) is 6.44. The summed E-state index contributed by atoms with van der Waals surface area (Å²) in [4.78, 5) is 3.44. The Morgan fingerprint density at radius 2 is 1.76 bits per heavy atom. The Bertz CT molecular complexity index is 1020. The minimum absolute atomic E-state index is 0.00347. The zero-order valence-corrected chi connectivity index (χ0v) is 18.0. The van der Waals surface area contributed by atoms with E-state index >= 15 is 0 Å². The number of nitrogens with one attached hydrogen (secondary N) is 1. The molecule has 29 heavy (non-hydrogen) atoms. The molecule has 1 heterocycles. The van der Waals surface area contributed by atoms with Gasteiger partial charge in [0, 0.05) is 12.5 Å². The largest absolute Gasteiger partial charge is 0.346 e. The number of alkyl halides is 2. The number of hydrazone groups is 1. The highest BCUT2D eigenvalue weighted by molar-refractivity contribution is 7.89. The summed E-state index contributed by atoms with van der Waals surface area (Å²) in [7, 11) is -4.02. The van der Waals surface area contributed by atoms with E-state index in [9.17, 15) is 17.2 Å². The summed E-state index contributed by atoms with van der Waals surface area (Å²) in [6.07, 6.45) is -0.390. The van der Waals surface area contributed by atoms with Crippen molar-refractivity contribution in [2.75, 3.05) is 6.54 Å². The molecule has 0 amide bonds. The zero-order valence-electron chi connectivity index (χ0n) is 15.7. The summed E-state index contributed by atoms with van der Waals surface area (Å²) in [5.74, 6) is -3.00. The van der Waals surface area contributed by atoms with E-state index in [1.807, 2.05) is 6.92 Å². The van der Waals surface area contributed by atoms with Crippen LogP contribution < -0.4 is 4.83 Å². The molecule has 1 fully saturated rings. The van der Waals surface area contributed by atoms with Gasteiger partial charge >= 0.3 is 0 Å². The van der Waals surface area contributed by atoms with Crippen LogP contribution in [0.3, 0.4) is 0 Å². The van der Waals surface area contributed by atoms with Crippen LogP contribution in [0.2, 0.25) is 10.0 Å². The van der Waals surface area contributed by atoms with Crippen molar-refractivity contribution in [2.24, 2.45) is 5.10 Å². The highest BCUT2D eigenvalue weighted by Gasteiger charge is 2.45. The molecule has 1 N–H and O–H groups in total. The van der Waals surface area contributed by atoms with Crippen LogP contribution in [0.25, 0.3) is 0 Å². The van der Waals surface area contributed by atoms with Crippen molar-refractivity contribution in [3.63, 3.8) is 0 Å². The van der Waals surface area contributed by atoms with Gasteiger partial charge in [-0.1, -0.05) is 47.0 Å². The highest BCUT2D eigenvalue weighted by atomic mass is 35.5. The van der Waals surface area contributed by atoms with Crippen molar-refractivity contribution in [2.45, 2.75) is 37.1 Å². The molecule has 0 aliphatic carbocycles. The van der Waals surface area contributed by atoms with E-state index < -0.39 is 35.0 Å². The topological polar surface area (TPSA) is 61.8 Å². The van der Waals surface area contributed by atoms with Crippen molar-refractivity contribution < 1.29 is 17.2 Å². The summed E-state index contributed by atoms with van der Waals surface area (Å²) in [6.45, 7) is 2.81. The fourth-order valence-electron chi connectivity index (χ4n) is 3.14. The van der Waals surface area contributed by atoms with E-state index in [0.29, 0.717) is 0 Å². The van der Waals surface area contributed by atoms with E-state index in [4.69, 9.17) is 23.2 Å². The molecule has 1 aliphatic rings. The van der Waals surface area contributed by atoms with Gasteiger partial charge in [-0.3, -0.25) is 0 Å². The van der Waals surface area contributed by atoms with E-state index in [0.717, 1.165) is 5.56 Å². The maximum Gasteiger partial charge on any atom is 0.276 e. The van der Waals surface area contributed by atoms with Crippen LogP contribution in [0, 0.1) is 6.92 Å². The van der Waals surface area contributed by atoms with Crippen molar-refractivity contribution in [3.05, 3.63) is 63.6 Å². The van der Waals surface area contributed by atoms with E-state index in [-0.39, 0.29) is 26.3 Å². The summed E-state index contributed by atoms with van der Waals surface area (Å²) in [5, 5.41) is 4.34. The molecule has 10 heteroatoms. The number of rotatable bonds is 4. The first-order valence-electron chi connectivity index (χ1n) is 8.75. The lowest BCUT2D eigenvalue weighted by molar-refractivity contribution is 0.0167. The number of nitrogens with zero attached hydrogens (tertiary/aromatic N) is 2. The number of benzene rings is 2. The minimum atomic E-state index is -4.02. The first-order chi connectivity index (χ1) is 13.5. The van der Waals surface area contributed by atoms with Crippen molar-refractivity contribution >= 4 is 39.1 Å². The minimum Gasteiger partial charge on any atom is -0.346 e. The fraction of sp³-hybridized carbons (Fsp3) is 0.316. The Balaban J connectivity index is 2.05. The Labute approximate surface area is 178 Å². The quantitative estimate of drug-likeness (QED) is 0.408. The maximum atomic E-state index is 14.0. The fourth-order valence-corrected chi connectivity index (χ4v) is 4.52. The average Bonchev–Trinajstić information content (AvgIpc) is 2.90. The molecule has 2 aromatic carbocycles. The first-order valence-corrected chi connectivity index (χ1v) is 11.0. The van der Waals surface area contributed by atoms with E-state index in [1.54, 1.807) is 25.1 Å². The summed E-state index contributed by atoms with van der Waals surface area (Å²) in [6, 6.07) is 10.2. The molecule has 0 radical (unpaired) electrons. The molecular weight excluding hydrogens is 443 g/mol. The molecule has 0 spiro atoms. The molecule has 1 aliphatic heterocycles. The number of amidine groups is 1. The van der Waals surface area contributed by atoms with Gasteiger partial charge in [0.15, 0.2) is 5.84 Å². The predicted molar refractivity (Wildman–Crippen MR) is 110 cm³/mol. The lowest BCUT2D eigenvalue weighted by atomic mass is 10.1. The van der Waals surface area contributed by atoms with Crippen molar-refractivity contribution in [3.8, 4) is 0 Å². The molecule has 3 rings (SSSR count). The van der Waals surface area contributed by atoms with Crippen LogP contribution in [0.1, 0.15) is 24.5 Å². The van der Waals surface area contributed by atoms with Crippen molar-refractivity contribution in [1.29, 1.82) is 0 Å². The molecule has 156 valence electrons. The normalized spacial score (nSPS) is 19.4. The van der Waals surface area contributed by atoms with E-state index in [1.165, 1.54) is 29.2 Å². The molecule has 1 saturated heterocycles. The van der Waals surface area contributed by atoms with Gasteiger partial charge in [-0.2, -0.15) is 13.2 Å². The van der Waals surface area contributed by atoms with Crippen LogP contribution in [0.5, 0.6) is 0 Å². The second kappa shape index (κ2) is 8.08. The predicted octanol–water partition coefficient (Wildman–Crippen LogP) is 4.67. The molecule has 5 nitrogen and oxygen atoms in total. The third-order valence-electron chi connectivity index (χ3n) is 4.59. The molecule has 2 aromatic rings. The Morgan fingerprint density at radius 3 is 2.28 bits per heavy atom. The molecule has 0 bridgehead atoms. The number of hydrogen-bond donors (Lipinski definition) is 1. The molecule has 0 aromatic heterocycles. The number of sulfonamides is 1. The molecular formula is C19H19Cl2F2N3O2S. The van der Waals surface area contributed by atoms with Crippen LogP contribution in [0.4, 0.5) is 8.78 Å². The summed E-state index contributed by atoms with van der Waals surface area (Å²) in [5.41, 5.74) is 1.08. The standard InChI is InChI=1S/C19H19Cl2F2N3O2S/c1-12-6-8-14(9-7-12)29(27,28)25-24-18(17-15(20)4-3-5-16(17)21)26-11-19(22,23)10-13(26)2/h3-9,13,25H,10-11H2,1-2H3/b24-18+/t13-/m1/s1. The Kier molecular flexibility index (Phi) is 6.08. The van der Waals surface area contributed by atoms with Gasteiger partial charge in [-0.05, 0) is 38.1 Å². The van der Waals surface area contributed by atoms with Crippen LogP contribution in [0.15, 0.2) is 52.5 Å². The Hall–Kier alpha value is -1.90. The van der Waals surface area contributed by atoms with Gasteiger partial charge in [0.1, 0.15) is 0 Å². The molecule has 0 saturated carbocycles. The van der Waals surface area contributed by atoms with Gasteiger partial charge < -0.3 is 4.90 Å². The molecule has 0 unspecified atom stereocenters. The SMILES string of the molecule is Cc1ccc(S(=O)(=O)N/N=C(\c2c(Cl)cccc2Cl)N2CC(F)(F)C[C@H]2C)cc1. The van der Waals surface area contributed by atoms with Gasteiger partial charge in [-0.15, -0.1) is 5.10 Å². The van der Waals surface area contributed by atoms with Crippen LogP contribution >= 0.6 is 23.2 Å². The number of hydrogen-bond acceptors (Lipinski definition) is 3. The van der Waals surface area contributed by atoms with Gasteiger partial charge in [0.05, 0.1) is 27.0 Å². The third kappa shape index (κ3) is 4.82. The summed E-state index contributed by atoms with van der Waals surface area (Å²) < 4.78 is 53.2. The maximum absolute atomic E-state index is 14.0. The highest BCUT2D eigenvalue weighted by Crippen LogP contribution is 2.35. The van der Waals surface area contributed by atoms with Gasteiger partial charge in [0.2, 0.25) is 0 Å². The first kappa shape index (κ1) is 21.8. The Morgan fingerprint density at radius 1 is 1.17 bits per heavy atom. The van der Waals surface area contributed by atoms with Crippen LogP contribution in [-0.4, -0.2) is 37.7 Å². The summed E-state index contributed by atoms with van der Waals surface area (Å²) >= 11 is 12.5. The lowest BCUT2D eigenvalue weighted by Crippen LogP contribution is -2.38. The van der Waals surface area contributed by atoms with E-state index in [2.05, 4.69) is 9.93 Å². The smallest absolute Gasteiger partial charge is 0.276 e.